The summed E-state index contributed by atoms with van der Waals surface area (Å²) in [5, 5.41) is 11.1. The van der Waals surface area contributed by atoms with E-state index < -0.39 is 10.9 Å². The summed E-state index contributed by atoms with van der Waals surface area (Å²) in [6, 6.07) is 11.0. The second-order valence-electron chi connectivity index (χ2n) is 5.26. The molecule has 2 aromatic carbocycles. The number of hydrogen-bond donors (Lipinski definition) is 0. The molecule has 6 heteroatoms. The predicted octanol–water partition coefficient (Wildman–Crippen LogP) is 3.95. The molecule has 0 aliphatic heterocycles. The molecule has 0 heterocycles. The van der Waals surface area contributed by atoms with Crippen LogP contribution in [0.3, 0.4) is 0 Å². The number of hydrogen-bond acceptors (Lipinski definition) is 5. The third-order valence-corrected chi connectivity index (χ3v) is 3.38. The smallest absolute Gasteiger partial charge is 0.343 e. The van der Waals surface area contributed by atoms with Gasteiger partial charge in [0.25, 0.3) is 0 Å². The van der Waals surface area contributed by atoms with Gasteiger partial charge in [0.15, 0.2) is 0 Å². The van der Waals surface area contributed by atoms with Crippen LogP contribution in [-0.4, -0.2) is 18.0 Å². The van der Waals surface area contributed by atoms with Crippen LogP contribution in [0.4, 0.5) is 5.69 Å². The van der Waals surface area contributed by atoms with Gasteiger partial charge in [0.05, 0.1) is 23.7 Å². The van der Waals surface area contributed by atoms with E-state index in [4.69, 9.17) is 9.47 Å². The Morgan fingerprint density at radius 2 is 1.78 bits per heavy atom. The molecule has 0 unspecified atom stereocenters. The van der Waals surface area contributed by atoms with Crippen molar-refractivity contribution < 1.29 is 19.2 Å². The molecule has 0 amide bonds. The largest absolute Gasteiger partial charge is 0.496 e. The Morgan fingerprint density at radius 1 is 1.13 bits per heavy atom. The van der Waals surface area contributed by atoms with Gasteiger partial charge in [-0.3, -0.25) is 10.1 Å². The summed E-state index contributed by atoms with van der Waals surface area (Å²) >= 11 is 0. The van der Waals surface area contributed by atoms with Crippen molar-refractivity contribution in [2.24, 2.45) is 0 Å². The highest BCUT2D eigenvalue weighted by Crippen LogP contribution is 2.31. The first-order valence-electron chi connectivity index (χ1n) is 7.07. The number of nitrogens with zero attached hydrogens (tertiary/aromatic N) is 1. The van der Waals surface area contributed by atoms with Crippen molar-refractivity contribution in [3.05, 3.63) is 63.7 Å². The number of carbonyl (C=O) groups excluding carboxylic acids is 1. The topological polar surface area (TPSA) is 78.7 Å². The summed E-state index contributed by atoms with van der Waals surface area (Å²) < 4.78 is 10.1. The van der Waals surface area contributed by atoms with E-state index in [1.165, 1.54) is 25.3 Å². The molecule has 0 saturated carbocycles. The molecule has 0 saturated heterocycles. The quantitative estimate of drug-likeness (QED) is 0.361. The van der Waals surface area contributed by atoms with Crippen molar-refractivity contribution in [2.75, 3.05) is 7.11 Å². The molecule has 6 nitrogen and oxygen atoms in total. The van der Waals surface area contributed by atoms with Crippen molar-refractivity contribution in [2.45, 2.75) is 19.8 Å². The van der Waals surface area contributed by atoms with Crippen LogP contribution in [0.25, 0.3) is 0 Å². The van der Waals surface area contributed by atoms with Crippen molar-refractivity contribution in [1.29, 1.82) is 0 Å². The van der Waals surface area contributed by atoms with Crippen LogP contribution in [0.1, 0.15) is 35.7 Å². The molecule has 0 aromatic heterocycles. The highest BCUT2D eigenvalue weighted by atomic mass is 16.6. The van der Waals surface area contributed by atoms with Gasteiger partial charge in [-0.25, -0.2) is 4.79 Å². The Labute approximate surface area is 133 Å². The lowest BCUT2D eigenvalue weighted by Gasteiger charge is -2.08. The Morgan fingerprint density at radius 3 is 2.30 bits per heavy atom. The number of ether oxygens (including phenoxy) is 2. The fourth-order valence-electron chi connectivity index (χ4n) is 2.02. The molecule has 0 bridgehead atoms. The fourth-order valence-corrected chi connectivity index (χ4v) is 2.02. The molecule has 23 heavy (non-hydrogen) atoms. The van der Waals surface area contributed by atoms with Gasteiger partial charge in [-0.15, -0.1) is 0 Å². The standard InChI is InChI=1S/C17H17NO5/c1-11(2)12-4-6-13(7-5-12)17(19)23-16-9-8-14(22-3)10-15(16)18(20)21/h4-11H,1-3H3. The molecular formula is C17H17NO5. The summed E-state index contributed by atoms with van der Waals surface area (Å²) in [7, 11) is 1.40. The second-order valence-corrected chi connectivity index (χ2v) is 5.26. The van der Waals surface area contributed by atoms with Crippen LogP contribution < -0.4 is 9.47 Å². The number of benzene rings is 2. The summed E-state index contributed by atoms with van der Waals surface area (Å²) in [6.07, 6.45) is 0. The normalized spacial score (nSPS) is 10.4. The van der Waals surface area contributed by atoms with E-state index in [0.717, 1.165) is 5.56 Å². The minimum Gasteiger partial charge on any atom is -0.496 e. The average Bonchev–Trinajstić information content (AvgIpc) is 2.55. The minimum absolute atomic E-state index is 0.117. The van der Waals surface area contributed by atoms with Crippen LogP contribution >= 0.6 is 0 Å². The summed E-state index contributed by atoms with van der Waals surface area (Å²) in [4.78, 5) is 22.6. The zero-order valence-corrected chi connectivity index (χ0v) is 13.1. The molecule has 120 valence electrons. The lowest BCUT2D eigenvalue weighted by Crippen LogP contribution is -2.10. The lowest BCUT2D eigenvalue weighted by atomic mass is 10.0. The van der Waals surface area contributed by atoms with E-state index >= 15 is 0 Å². The highest BCUT2D eigenvalue weighted by Gasteiger charge is 2.20. The highest BCUT2D eigenvalue weighted by molar-refractivity contribution is 5.91. The first kappa shape index (κ1) is 16.5. The molecule has 0 aliphatic rings. The van der Waals surface area contributed by atoms with Gasteiger partial charge in [-0.1, -0.05) is 26.0 Å². The number of rotatable bonds is 5. The molecule has 0 N–H and O–H groups in total. The average molecular weight is 315 g/mol. The van der Waals surface area contributed by atoms with Crippen LogP contribution in [-0.2, 0) is 0 Å². The van der Waals surface area contributed by atoms with Crippen molar-refractivity contribution in [3.63, 3.8) is 0 Å². The van der Waals surface area contributed by atoms with Crippen LogP contribution in [0.2, 0.25) is 0 Å². The lowest BCUT2D eigenvalue weighted by molar-refractivity contribution is -0.385. The Hall–Kier alpha value is -2.89. The van der Waals surface area contributed by atoms with E-state index in [1.54, 1.807) is 12.1 Å². The molecular weight excluding hydrogens is 298 g/mol. The van der Waals surface area contributed by atoms with Gasteiger partial charge in [-0.05, 0) is 35.7 Å². The number of carbonyl (C=O) groups is 1. The molecule has 0 radical (unpaired) electrons. The van der Waals surface area contributed by atoms with Crippen molar-refractivity contribution >= 4 is 11.7 Å². The first-order chi connectivity index (χ1) is 10.9. The number of nitro benzene ring substituents is 1. The van der Waals surface area contributed by atoms with Gasteiger partial charge in [0.2, 0.25) is 5.75 Å². The summed E-state index contributed by atoms with van der Waals surface area (Å²) in [5.74, 6) is -0.0946. The van der Waals surface area contributed by atoms with Gasteiger partial charge < -0.3 is 9.47 Å². The monoisotopic (exact) mass is 315 g/mol. The van der Waals surface area contributed by atoms with Gasteiger partial charge >= 0.3 is 11.7 Å². The van der Waals surface area contributed by atoms with E-state index in [0.29, 0.717) is 17.2 Å². The maximum Gasteiger partial charge on any atom is 0.343 e. The third-order valence-electron chi connectivity index (χ3n) is 3.38. The van der Waals surface area contributed by atoms with E-state index in [-0.39, 0.29) is 11.4 Å². The summed E-state index contributed by atoms with van der Waals surface area (Å²) in [5.41, 5.74) is 1.10. The molecule has 0 spiro atoms. The Bertz CT molecular complexity index is 722. The maximum absolute atomic E-state index is 12.1. The van der Waals surface area contributed by atoms with Crippen LogP contribution in [0.5, 0.6) is 11.5 Å². The van der Waals surface area contributed by atoms with Crippen molar-refractivity contribution in [3.8, 4) is 11.5 Å². The van der Waals surface area contributed by atoms with Crippen LogP contribution in [0.15, 0.2) is 42.5 Å². The van der Waals surface area contributed by atoms with Crippen LogP contribution in [0, 0.1) is 10.1 Å². The van der Waals surface area contributed by atoms with Gasteiger partial charge in [-0.2, -0.15) is 0 Å². The number of esters is 1. The minimum atomic E-state index is -0.645. The first-order valence-corrected chi connectivity index (χ1v) is 7.07. The van der Waals surface area contributed by atoms with E-state index in [2.05, 4.69) is 0 Å². The van der Waals surface area contributed by atoms with E-state index in [9.17, 15) is 14.9 Å². The molecule has 0 aliphatic carbocycles. The fraction of sp³-hybridized carbons (Fsp3) is 0.235. The predicted molar refractivity (Wildman–Crippen MR) is 85.1 cm³/mol. The number of nitro groups is 1. The molecule has 0 fully saturated rings. The summed E-state index contributed by atoms with van der Waals surface area (Å²) in [6.45, 7) is 4.10. The zero-order chi connectivity index (χ0) is 17.0. The SMILES string of the molecule is COc1ccc(OC(=O)c2ccc(C(C)C)cc2)c([N+](=O)[O-])c1. The third kappa shape index (κ3) is 3.85. The Kier molecular flexibility index (Phi) is 4.95. The Balaban J connectivity index is 2.24. The molecule has 2 aromatic rings. The second kappa shape index (κ2) is 6.91. The van der Waals surface area contributed by atoms with Crippen molar-refractivity contribution in [1.82, 2.24) is 0 Å². The van der Waals surface area contributed by atoms with Gasteiger partial charge in [0, 0.05) is 0 Å². The number of methoxy groups -OCH3 is 1. The zero-order valence-electron chi connectivity index (χ0n) is 13.1. The maximum atomic E-state index is 12.1. The van der Waals surface area contributed by atoms with E-state index in [1.807, 2.05) is 26.0 Å². The molecule has 0 atom stereocenters. The molecule has 2 rings (SSSR count). The van der Waals surface area contributed by atoms with Gasteiger partial charge in [0.1, 0.15) is 5.75 Å².